The molecule has 4 heterocycles. The minimum Gasteiger partial charge on any atom is -0.337 e. The third-order valence-electron chi connectivity index (χ3n) is 4.36. The number of hydrogen-bond donors (Lipinski definition) is 0. The second kappa shape index (κ2) is 5.95. The number of fused-ring (bicyclic) bond motifs is 1. The summed E-state index contributed by atoms with van der Waals surface area (Å²) < 4.78 is 6.85. The molecule has 0 bridgehead atoms. The highest BCUT2D eigenvalue weighted by atomic mass is 32.1. The van der Waals surface area contributed by atoms with Gasteiger partial charge in [-0.3, -0.25) is 9.69 Å². The fourth-order valence-electron chi connectivity index (χ4n) is 2.91. The van der Waals surface area contributed by atoms with Gasteiger partial charge in [0.2, 0.25) is 11.7 Å². The Labute approximate surface area is 142 Å². The molecule has 7 nitrogen and oxygen atoms in total. The van der Waals surface area contributed by atoms with Crippen molar-refractivity contribution in [3.05, 3.63) is 51.1 Å². The van der Waals surface area contributed by atoms with Crippen molar-refractivity contribution in [2.24, 2.45) is 7.05 Å². The van der Waals surface area contributed by atoms with Crippen LogP contribution in [0.25, 0.3) is 10.7 Å². The molecule has 0 aromatic carbocycles. The summed E-state index contributed by atoms with van der Waals surface area (Å²) in [5, 5.41) is 10.4. The van der Waals surface area contributed by atoms with Gasteiger partial charge in [0.1, 0.15) is 0 Å². The molecule has 0 amide bonds. The van der Waals surface area contributed by atoms with E-state index in [2.05, 4.69) is 20.1 Å². The van der Waals surface area contributed by atoms with E-state index in [1.807, 2.05) is 24.4 Å². The van der Waals surface area contributed by atoms with Gasteiger partial charge in [-0.05, 0) is 23.9 Å². The molecule has 1 aliphatic rings. The predicted octanol–water partition coefficient (Wildman–Crippen LogP) is 2.01. The van der Waals surface area contributed by atoms with Gasteiger partial charge in [-0.1, -0.05) is 11.2 Å². The molecule has 3 aromatic heterocycles. The first kappa shape index (κ1) is 15.2. The molecule has 0 aliphatic carbocycles. The minimum absolute atomic E-state index is 0.0107. The zero-order valence-electron chi connectivity index (χ0n) is 13.5. The van der Waals surface area contributed by atoms with Gasteiger partial charge in [0.15, 0.2) is 0 Å². The van der Waals surface area contributed by atoms with E-state index in [4.69, 9.17) is 4.52 Å². The van der Waals surface area contributed by atoms with Crippen LogP contribution in [0.5, 0.6) is 0 Å². The first-order valence-electron chi connectivity index (χ1n) is 7.79. The van der Waals surface area contributed by atoms with E-state index in [0.29, 0.717) is 18.3 Å². The Bertz CT molecular complexity index is 915. The molecule has 8 heteroatoms. The Morgan fingerprint density at radius 3 is 3.08 bits per heavy atom. The lowest BCUT2D eigenvalue weighted by Crippen LogP contribution is -2.36. The van der Waals surface area contributed by atoms with Crippen molar-refractivity contribution in [2.45, 2.75) is 25.9 Å². The summed E-state index contributed by atoms with van der Waals surface area (Å²) in [5.41, 5.74) is 1.89. The average molecular weight is 343 g/mol. The van der Waals surface area contributed by atoms with Crippen molar-refractivity contribution < 1.29 is 4.52 Å². The van der Waals surface area contributed by atoms with E-state index in [1.165, 1.54) is 4.68 Å². The Morgan fingerprint density at radius 2 is 2.29 bits per heavy atom. The fourth-order valence-corrected chi connectivity index (χ4v) is 3.56. The van der Waals surface area contributed by atoms with Crippen LogP contribution in [0.1, 0.15) is 30.1 Å². The zero-order chi connectivity index (χ0) is 16.7. The number of hydrogen-bond acceptors (Lipinski definition) is 7. The first-order valence-corrected chi connectivity index (χ1v) is 8.67. The third kappa shape index (κ3) is 2.67. The third-order valence-corrected chi connectivity index (χ3v) is 5.22. The maximum atomic E-state index is 11.8. The van der Waals surface area contributed by atoms with Crippen LogP contribution in [-0.2, 0) is 20.0 Å². The fraction of sp³-hybridized carbons (Fsp3) is 0.375. The smallest absolute Gasteiger partial charge is 0.266 e. The summed E-state index contributed by atoms with van der Waals surface area (Å²) in [6.07, 6.45) is 0.805. The van der Waals surface area contributed by atoms with E-state index in [0.717, 1.165) is 29.1 Å². The van der Waals surface area contributed by atoms with Crippen molar-refractivity contribution in [1.82, 2.24) is 24.8 Å². The number of rotatable bonds is 3. The van der Waals surface area contributed by atoms with Gasteiger partial charge in [-0.15, -0.1) is 11.3 Å². The van der Waals surface area contributed by atoms with Crippen molar-refractivity contribution in [3.63, 3.8) is 0 Å². The summed E-state index contributed by atoms with van der Waals surface area (Å²) >= 11 is 1.59. The van der Waals surface area contributed by atoms with Crippen LogP contribution in [-0.4, -0.2) is 31.4 Å². The largest absolute Gasteiger partial charge is 0.337 e. The molecule has 0 unspecified atom stereocenters. The second-order valence-electron chi connectivity index (χ2n) is 5.91. The molecule has 0 spiro atoms. The molecule has 4 rings (SSSR count). The summed E-state index contributed by atoms with van der Waals surface area (Å²) in [5.74, 6) is 1.22. The van der Waals surface area contributed by atoms with Crippen LogP contribution >= 0.6 is 11.3 Å². The molecule has 1 aliphatic heterocycles. The maximum absolute atomic E-state index is 11.8. The first-order chi connectivity index (χ1) is 11.6. The maximum Gasteiger partial charge on any atom is 0.266 e. The van der Waals surface area contributed by atoms with Gasteiger partial charge in [0.25, 0.3) is 5.56 Å². The lowest BCUT2D eigenvalue weighted by Gasteiger charge is -2.31. The van der Waals surface area contributed by atoms with Gasteiger partial charge in [-0.2, -0.15) is 10.1 Å². The predicted molar refractivity (Wildman–Crippen MR) is 89.6 cm³/mol. The van der Waals surface area contributed by atoms with Crippen LogP contribution in [0.4, 0.5) is 0 Å². The Morgan fingerprint density at radius 1 is 1.42 bits per heavy atom. The molecule has 0 radical (unpaired) electrons. The Balaban J connectivity index is 1.56. The molecular formula is C16H17N5O2S. The molecule has 24 heavy (non-hydrogen) atoms. The molecule has 1 atom stereocenters. The average Bonchev–Trinajstić information content (AvgIpc) is 3.26. The van der Waals surface area contributed by atoms with Crippen molar-refractivity contribution in [1.29, 1.82) is 0 Å². The highest BCUT2D eigenvalue weighted by Gasteiger charge is 2.27. The Hall–Kier alpha value is -2.32. The highest BCUT2D eigenvalue weighted by molar-refractivity contribution is 7.13. The van der Waals surface area contributed by atoms with E-state index in [1.54, 1.807) is 24.5 Å². The quantitative estimate of drug-likeness (QED) is 0.724. The Kier molecular flexibility index (Phi) is 3.78. The lowest BCUT2D eigenvalue weighted by molar-refractivity contribution is 0.156. The lowest BCUT2D eigenvalue weighted by atomic mass is 10.0. The van der Waals surface area contributed by atoms with Gasteiger partial charge >= 0.3 is 0 Å². The molecule has 0 N–H and O–H groups in total. The molecule has 124 valence electrons. The van der Waals surface area contributed by atoms with E-state index < -0.39 is 0 Å². The van der Waals surface area contributed by atoms with Crippen LogP contribution in [0.15, 0.2) is 32.9 Å². The van der Waals surface area contributed by atoms with Gasteiger partial charge < -0.3 is 4.52 Å². The van der Waals surface area contributed by atoms with Gasteiger partial charge in [0, 0.05) is 32.6 Å². The minimum atomic E-state index is -0.0824. The number of thiophene rings is 1. The number of aromatic nitrogens is 4. The molecule has 0 saturated heterocycles. The molecule has 3 aromatic rings. The number of nitrogens with zero attached hydrogens (tertiary/aromatic N) is 5. The van der Waals surface area contributed by atoms with E-state index in [-0.39, 0.29) is 11.6 Å². The van der Waals surface area contributed by atoms with Gasteiger partial charge in [0.05, 0.1) is 16.6 Å². The van der Waals surface area contributed by atoms with Crippen molar-refractivity contribution in [3.8, 4) is 10.7 Å². The second-order valence-corrected chi connectivity index (χ2v) is 6.86. The van der Waals surface area contributed by atoms with Gasteiger partial charge in [-0.25, -0.2) is 4.68 Å². The molecule has 0 fully saturated rings. The van der Waals surface area contributed by atoms with Crippen LogP contribution in [0.3, 0.4) is 0 Å². The summed E-state index contributed by atoms with van der Waals surface area (Å²) in [6, 6.07) is 5.60. The summed E-state index contributed by atoms with van der Waals surface area (Å²) in [6.45, 7) is 3.55. The van der Waals surface area contributed by atoms with Crippen LogP contribution in [0.2, 0.25) is 0 Å². The van der Waals surface area contributed by atoms with Crippen molar-refractivity contribution in [2.75, 3.05) is 6.54 Å². The van der Waals surface area contributed by atoms with E-state index >= 15 is 0 Å². The van der Waals surface area contributed by atoms with Crippen molar-refractivity contribution >= 4 is 11.3 Å². The molecule has 0 saturated carbocycles. The molecular weight excluding hydrogens is 326 g/mol. The summed E-state index contributed by atoms with van der Waals surface area (Å²) in [7, 11) is 1.68. The highest BCUT2D eigenvalue weighted by Crippen LogP contribution is 2.28. The van der Waals surface area contributed by atoms with Crippen LogP contribution < -0.4 is 5.56 Å². The normalized spacial score (nSPS) is 16.1. The SMILES string of the molecule is C[C@@H](c1nc(-c2cccs2)no1)N1CCc2nn(C)c(=O)cc2C1. The standard InChI is InChI=1S/C16H17N5O2S/c1-10(16-17-15(19-23-16)13-4-3-7-24-13)21-6-5-12-11(9-21)8-14(22)20(2)18-12/h3-4,7-8,10H,5-6,9H2,1-2H3/t10-/m0/s1. The summed E-state index contributed by atoms with van der Waals surface area (Å²) in [4.78, 5) is 19.6. The van der Waals surface area contributed by atoms with Crippen LogP contribution in [0, 0.1) is 0 Å². The van der Waals surface area contributed by atoms with E-state index in [9.17, 15) is 4.79 Å². The number of aryl methyl sites for hydroxylation is 1. The monoisotopic (exact) mass is 343 g/mol. The topological polar surface area (TPSA) is 77.1 Å². The zero-order valence-corrected chi connectivity index (χ0v) is 14.3.